The molecule has 0 amide bonds. The number of phenolic OH excluding ortho intramolecular Hbond substituents is 2. The van der Waals surface area contributed by atoms with Crippen LogP contribution < -0.4 is 4.74 Å². The van der Waals surface area contributed by atoms with Crippen LogP contribution in [0.25, 0.3) is 0 Å². The molecule has 26 heavy (non-hydrogen) atoms. The van der Waals surface area contributed by atoms with Gasteiger partial charge >= 0.3 is 0 Å². The number of aromatic hydroxyl groups is 2. The maximum absolute atomic E-state index is 12.1. The quantitative estimate of drug-likeness (QED) is 0.747. The standard InChI is InChI=1S/C20H25NO4.ClH/c1-18(2)19(3,21(4)5)20(24,13-7-6-8-14(22)11-13)16-12-15(23)9-10-17(16)25-18;/h6-12,22-24H,1-5H3;1H. The first-order chi connectivity index (χ1) is 11.5. The smallest absolute Gasteiger partial charge is 0.140 e. The van der Waals surface area contributed by atoms with Gasteiger partial charge in [0.15, 0.2) is 0 Å². The van der Waals surface area contributed by atoms with E-state index >= 15 is 0 Å². The van der Waals surface area contributed by atoms with Crippen LogP contribution in [0.5, 0.6) is 17.2 Å². The van der Waals surface area contributed by atoms with Gasteiger partial charge in [-0.05, 0) is 70.8 Å². The number of fused-ring (bicyclic) bond motifs is 1. The molecule has 0 aromatic heterocycles. The van der Waals surface area contributed by atoms with E-state index in [4.69, 9.17) is 4.74 Å². The maximum Gasteiger partial charge on any atom is 0.140 e. The highest BCUT2D eigenvalue weighted by atomic mass is 35.5. The molecule has 0 radical (unpaired) electrons. The van der Waals surface area contributed by atoms with Crippen LogP contribution in [-0.4, -0.2) is 45.5 Å². The Morgan fingerprint density at radius 3 is 2.12 bits per heavy atom. The van der Waals surface area contributed by atoms with Crippen molar-refractivity contribution in [2.75, 3.05) is 14.1 Å². The SMILES string of the molecule is CN(C)C1(C)C(C)(C)Oc2ccc(O)cc2C1(O)c1cccc(O)c1.Cl. The maximum atomic E-state index is 12.1. The van der Waals surface area contributed by atoms with Gasteiger partial charge in [0.05, 0.1) is 5.54 Å². The van der Waals surface area contributed by atoms with Crippen molar-refractivity contribution in [2.24, 2.45) is 0 Å². The normalized spacial score (nSPS) is 26.6. The summed E-state index contributed by atoms with van der Waals surface area (Å²) >= 11 is 0. The predicted octanol–water partition coefficient (Wildman–Crippen LogP) is 3.25. The van der Waals surface area contributed by atoms with E-state index in [2.05, 4.69) is 0 Å². The molecule has 1 aliphatic heterocycles. The van der Waals surface area contributed by atoms with Crippen molar-refractivity contribution >= 4 is 12.4 Å². The summed E-state index contributed by atoms with van der Waals surface area (Å²) in [5, 5.41) is 32.2. The highest BCUT2D eigenvalue weighted by molar-refractivity contribution is 5.85. The summed E-state index contributed by atoms with van der Waals surface area (Å²) < 4.78 is 6.22. The number of hydrogen-bond acceptors (Lipinski definition) is 5. The molecule has 0 spiro atoms. The largest absolute Gasteiger partial charge is 0.508 e. The highest BCUT2D eigenvalue weighted by Gasteiger charge is 2.64. The predicted molar refractivity (Wildman–Crippen MR) is 103 cm³/mol. The fourth-order valence-electron chi connectivity index (χ4n) is 3.99. The first-order valence-corrected chi connectivity index (χ1v) is 8.26. The van der Waals surface area contributed by atoms with Crippen LogP contribution >= 0.6 is 12.4 Å². The number of benzene rings is 2. The summed E-state index contributed by atoms with van der Waals surface area (Å²) in [6.45, 7) is 5.77. The summed E-state index contributed by atoms with van der Waals surface area (Å²) in [4.78, 5) is 1.92. The molecule has 0 aliphatic carbocycles. The van der Waals surface area contributed by atoms with E-state index in [0.29, 0.717) is 16.9 Å². The van der Waals surface area contributed by atoms with Crippen LogP contribution in [0, 0.1) is 0 Å². The summed E-state index contributed by atoms with van der Waals surface area (Å²) in [5.41, 5.74) is -2.18. The molecule has 1 heterocycles. The van der Waals surface area contributed by atoms with Crippen LogP contribution in [0.1, 0.15) is 31.9 Å². The third-order valence-corrected chi connectivity index (χ3v) is 5.75. The summed E-state index contributed by atoms with van der Waals surface area (Å²) in [5.74, 6) is 0.618. The number of likely N-dealkylation sites (N-methyl/N-ethyl adjacent to an activating group) is 1. The van der Waals surface area contributed by atoms with Gasteiger partial charge < -0.3 is 20.1 Å². The minimum Gasteiger partial charge on any atom is -0.508 e. The van der Waals surface area contributed by atoms with Crippen molar-refractivity contribution < 1.29 is 20.1 Å². The molecule has 142 valence electrons. The highest BCUT2D eigenvalue weighted by Crippen LogP contribution is 2.56. The monoisotopic (exact) mass is 379 g/mol. The molecular weight excluding hydrogens is 354 g/mol. The number of aliphatic hydroxyl groups is 1. The first-order valence-electron chi connectivity index (χ1n) is 8.26. The van der Waals surface area contributed by atoms with Gasteiger partial charge in [-0.1, -0.05) is 12.1 Å². The van der Waals surface area contributed by atoms with E-state index in [1.807, 2.05) is 39.8 Å². The second-order valence-electron chi connectivity index (χ2n) is 7.52. The Bertz CT molecular complexity index is 823. The Kier molecular flexibility index (Phi) is 4.96. The van der Waals surface area contributed by atoms with E-state index in [1.165, 1.54) is 12.1 Å². The van der Waals surface area contributed by atoms with Gasteiger partial charge in [0.25, 0.3) is 0 Å². The molecule has 0 bridgehead atoms. The Labute approximate surface area is 160 Å². The zero-order valence-electron chi connectivity index (χ0n) is 15.6. The van der Waals surface area contributed by atoms with Crippen LogP contribution in [0.2, 0.25) is 0 Å². The average Bonchev–Trinajstić information content (AvgIpc) is 2.53. The molecule has 0 saturated carbocycles. The van der Waals surface area contributed by atoms with Crippen LogP contribution in [-0.2, 0) is 5.60 Å². The van der Waals surface area contributed by atoms with E-state index in [-0.39, 0.29) is 23.9 Å². The first kappa shape index (κ1) is 20.4. The second kappa shape index (κ2) is 6.34. The van der Waals surface area contributed by atoms with Crippen LogP contribution in [0.3, 0.4) is 0 Å². The Morgan fingerprint density at radius 1 is 0.923 bits per heavy atom. The van der Waals surface area contributed by atoms with Gasteiger partial charge in [-0.2, -0.15) is 0 Å². The number of nitrogens with zero attached hydrogens (tertiary/aromatic N) is 1. The Morgan fingerprint density at radius 2 is 1.54 bits per heavy atom. The van der Waals surface area contributed by atoms with Gasteiger partial charge in [0, 0.05) is 5.56 Å². The lowest BCUT2D eigenvalue weighted by molar-refractivity contribution is -0.173. The Balaban J connectivity index is 0.00000243. The minimum absolute atomic E-state index is 0. The van der Waals surface area contributed by atoms with Gasteiger partial charge in [0.2, 0.25) is 0 Å². The molecule has 3 rings (SSSR count). The topological polar surface area (TPSA) is 73.2 Å². The molecule has 2 atom stereocenters. The molecular formula is C20H26ClNO4. The molecule has 0 fully saturated rings. The number of rotatable bonds is 2. The molecule has 5 nitrogen and oxygen atoms in total. The fraction of sp³-hybridized carbons (Fsp3) is 0.400. The second-order valence-corrected chi connectivity index (χ2v) is 7.52. The van der Waals surface area contributed by atoms with E-state index in [0.717, 1.165) is 0 Å². The zero-order chi connectivity index (χ0) is 18.6. The summed E-state index contributed by atoms with van der Waals surface area (Å²) in [6, 6.07) is 11.3. The van der Waals surface area contributed by atoms with E-state index < -0.39 is 16.7 Å². The third-order valence-electron chi connectivity index (χ3n) is 5.75. The van der Waals surface area contributed by atoms with Gasteiger partial charge in [-0.25, -0.2) is 0 Å². The summed E-state index contributed by atoms with van der Waals surface area (Å²) in [7, 11) is 3.76. The van der Waals surface area contributed by atoms with Crippen LogP contribution in [0.4, 0.5) is 0 Å². The lowest BCUT2D eigenvalue weighted by Crippen LogP contribution is -2.73. The molecule has 2 unspecified atom stereocenters. The number of hydrogen-bond donors (Lipinski definition) is 3. The van der Waals surface area contributed by atoms with E-state index in [1.54, 1.807) is 30.3 Å². The van der Waals surface area contributed by atoms with Gasteiger partial charge in [-0.15, -0.1) is 12.4 Å². The fourth-order valence-corrected chi connectivity index (χ4v) is 3.99. The summed E-state index contributed by atoms with van der Waals surface area (Å²) in [6.07, 6.45) is 0. The van der Waals surface area contributed by atoms with Crippen molar-refractivity contribution in [1.29, 1.82) is 0 Å². The van der Waals surface area contributed by atoms with Crippen molar-refractivity contribution in [2.45, 2.75) is 37.5 Å². The molecule has 3 N–H and O–H groups in total. The van der Waals surface area contributed by atoms with Crippen molar-refractivity contribution in [3.63, 3.8) is 0 Å². The third kappa shape index (κ3) is 2.54. The number of phenols is 2. The molecule has 2 aromatic rings. The minimum atomic E-state index is -1.52. The molecule has 2 aromatic carbocycles. The molecule has 6 heteroatoms. The zero-order valence-corrected chi connectivity index (χ0v) is 16.5. The van der Waals surface area contributed by atoms with Crippen LogP contribution in [0.15, 0.2) is 42.5 Å². The molecule has 0 saturated heterocycles. The van der Waals surface area contributed by atoms with Crippen molar-refractivity contribution in [3.8, 4) is 17.2 Å². The van der Waals surface area contributed by atoms with Gasteiger partial charge in [0.1, 0.15) is 28.5 Å². The average molecular weight is 380 g/mol. The van der Waals surface area contributed by atoms with Crippen molar-refractivity contribution in [3.05, 3.63) is 53.6 Å². The van der Waals surface area contributed by atoms with Crippen molar-refractivity contribution in [1.82, 2.24) is 4.90 Å². The van der Waals surface area contributed by atoms with Gasteiger partial charge in [-0.3, -0.25) is 4.90 Å². The lowest BCUT2D eigenvalue weighted by Gasteiger charge is -2.60. The number of ether oxygens (including phenoxy) is 1. The lowest BCUT2D eigenvalue weighted by atomic mass is 9.62. The molecule has 1 aliphatic rings. The van der Waals surface area contributed by atoms with E-state index in [9.17, 15) is 15.3 Å². The Hall–Kier alpha value is -1.95. The number of halogens is 1.